The summed E-state index contributed by atoms with van der Waals surface area (Å²) in [7, 11) is -3.27. The number of hydrogen-bond donors (Lipinski definition) is 2. The van der Waals surface area contributed by atoms with Crippen LogP contribution in [0.1, 0.15) is 19.8 Å². The SMILES string of the molecule is CCCC(F)(F)C(F)(F)C(F)(F)C(F)(F)S(=O)(=O)O.CNC. The summed E-state index contributed by atoms with van der Waals surface area (Å²) in [6.07, 6.45) is -2.63. The van der Waals surface area contributed by atoms with Crippen molar-refractivity contribution in [3.8, 4) is 0 Å². The first-order valence-electron chi connectivity index (χ1n) is 5.54. The van der Waals surface area contributed by atoms with Gasteiger partial charge in [0.2, 0.25) is 0 Å². The third-order valence-corrected chi connectivity index (χ3v) is 3.01. The van der Waals surface area contributed by atoms with Crippen molar-refractivity contribution >= 4 is 10.1 Å². The summed E-state index contributed by atoms with van der Waals surface area (Å²) in [6, 6.07) is 0. The average Bonchev–Trinajstić information content (AvgIpc) is 2.27. The minimum atomic E-state index is -7.02. The summed E-state index contributed by atoms with van der Waals surface area (Å²) in [6.45, 7) is 0.892. The molecule has 2 N–H and O–H groups in total. The molecule has 0 radical (unpaired) electrons. The van der Waals surface area contributed by atoms with Crippen LogP contribution in [0.2, 0.25) is 0 Å². The summed E-state index contributed by atoms with van der Waals surface area (Å²) in [5, 5.41) is -4.01. The van der Waals surface area contributed by atoms with Gasteiger partial charge in [-0.3, -0.25) is 4.55 Å². The molecular formula is C9H15F8NO3S. The van der Waals surface area contributed by atoms with Gasteiger partial charge in [0, 0.05) is 6.42 Å². The Hall–Kier alpha value is -0.690. The number of hydrogen-bond acceptors (Lipinski definition) is 3. The highest BCUT2D eigenvalue weighted by Crippen LogP contribution is 2.55. The first-order chi connectivity index (χ1) is 9.47. The maximum Gasteiger partial charge on any atom is 0.438 e. The van der Waals surface area contributed by atoms with Gasteiger partial charge < -0.3 is 5.32 Å². The van der Waals surface area contributed by atoms with Crippen LogP contribution in [0.3, 0.4) is 0 Å². The fourth-order valence-corrected chi connectivity index (χ4v) is 1.50. The number of halogens is 8. The smallest absolute Gasteiger partial charge is 0.323 e. The molecule has 0 bridgehead atoms. The van der Waals surface area contributed by atoms with Crippen molar-refractivity contribution in [1.29, 1.82) is 0 Å². The Morgan fingerprint density at radius 2 is 1.23 bits per heavy atom. The van der Waals surface area contributed by atoms with E-state index < -0.39 is 46.0 Å². The molecule has 4 nitrogen and oxygen atoms in total. The maximum absolute atomic E-state index is 12.8. The molecular weight excluding hydrogens is 354 g/mol. The van der Waals surface area contributed by atoms with Gasteiger partial charge in [-0.1, -0.05) is 13.3 Å². The Morgan fingerprint density at radius 1 is 0.909 bits per heavy atom. The van der Waals surface area contributed by atoms with Crippen molar-refractivity contribution in [2.75, 3.05) is 14.1 Å². The third kappa shape index (κ3) is 4.19. The summed E-state index contributed by atoms with van der Waals surface area (Å²) in [5.41, 5.74) is 0. The Labute approximate surface area is 121 Å². The van der Waals surface area contributed by atoms with Crippen LogP contribution in [-0.2, 0) is 10.1 Å². The number of nitrogens with one attached hydrogen (secondary N) is 1. The van der Waals surface area contributed by atoms with E-state index >= 15 is 0 Å². The van der Waals surface area contributed by atoms with E-state index in [1.807, 2.05) is 14.1 Å². The molecule has 22 heavy (non-hydrogen) atoms. The van der Waals surface area contributed by atoms with Crippen molar-refractivity contribution < 1.29 is 48.1 Å². The summed E-state index contributed by atoms with van der Waals surface area (Å²) < 4.78 is 130. The highest BCUT2D eigenvalue weighted by atomic mass is 32.2. The minimum Gasteiger partial charge on any atom is -0.323 e. The van der Waals surface area contributed by atoms with Gasteiger partial charge in [0.15, 0.2) is 0 Å². The molecule has 0 saturated carbocycles. The Kier molecular flexibility index (Phi) is 7.77. The second-order valence-electron chi connectivity index (χ2n) is 4.10. The normalized spacial score (nSPS) is 14.4. The minimum absolute atomic E-state index is 0.754. The van der Waals surface area contributed by atoms with E-state index in [4.69, 9.17) is 4.55 Å². The first kappa shape index (κ1) is 23.6. The maximum atomic E-state index is 12.8. The zero-order chi connectivity index (χ0) is 18.6. The van der Waals surface area contributed by atoms with Crippen LogP contribution in [0.5, 0.6) is 0 Å². The lowest BCUT2D eigenvalue weighted by Crippen LogP contribution is -2.64. The van der Waals surface area contributed by atoms with Crippen molar-refractivity contribution in [2.24, 2.45) is 0 Å². The lowest BCUT2D eigenvalue weighted by atomic mass is 10.0. The molecule has 0 aliphatic rings. The van der Waals surface area contributed by atoms with Crippen LogP contribution in [0.4, 0.5) is 35.1 Å². The van der Waals surface area contributed by atoms with E-state index in [9.17, 15) is 43.5 Å². The quantitative estimate of drug-likeness (QED) is 0.558. The summed E-state index contributed by atoms with van der Waals surface area (Å²) in [5.74, 6) is -19.2. The molecule has 13 heteroatoms. The Balaban J connectivity index is 0. The van der Waals surface area contributed by atoms with Crippen LogP contribution in [-0.4, -0.2) is 50.1 Å². The van der Waals surface area contributed by atoms with Crippen molar-refractivity contribution in [3.05, 3.63) is 0 Å². The van der Waals surface area contributed by atoms with E-state index in [0.717, 1.165) is 6.92 Å². The predicted octanol–water partition coefficient (Wildman–Crippen LogP) is 3.01. The zero-order valence-corrected chi connectivity index (χ0v) is 12.4. The molecule has 0 aliphatic heterocycles. The third-order valence-electron chi connectivity index (χ3n) is 2.11. The highest BCUT2D eigenvalue weighted by molar-refractivity contribution is 7.87. The van der Waals surface area contributed by atoms with Gasteiger partial charge in [0.25, 0.3) is 0 Å². The highest BCUT2D eigenvalue weighted by Gasteiger charge is 2.83. The fraction of sp³-hybridized carbons (Fsp3) is 1.00. The number of alkyl halides is 8. The van der Waals surface area contributed by atoms with Gasteiger partial charge in [-0.05, 0) is 14.1 Å². The van der Waals surface area contributed by atoms with Crippen molar-refractivity contribution in [1.82, 2.24) is 5.32 Å². The number of rotatable bonds is 6. The van der Waals surface area contributed by atoms with E-state index in [1.54, 1.807) is 0 Å². The Bertz CT molecular complexity index is 452. The predicted molar refractivity (Wildman–Crippen MR) is 61.2 cm³/mol. The fourth-order valence-electron chi connectivity index (χ4n) is 1.05. The van der Waals surface area contributed by atoms with Crippen LogP contribution < -0.4 is 5.32 Å². The largest absolute Gasteiger partial charge is 0.438 e. The van der Waals surface area contributed by atoms with Gasteiger partial charge in [0.05, 0.1) is 0 Å². The molecule has 0 heterocycles. The van der Waals surface area contributed by atoms with Gasteiger partial charge in [-0.2, -0.15) is 43.5 Å². The summed E-state index contributed by atoms with van der Waals surface area (Å²) in [4.78, 5) is 0. The van der Waals surface area contributed by atoms with Crippen molar-refractivity contribution in [3.63, 3.8) is 0 Å². The molecule has 0 rings (SSSR count). The molecule has 0 aliphatic carbocycles. The lowest BCUT2D eigenvalue weighted by Gasteiger charge is -2.35. The lowest BCUT2D eigenvalue weighted by molar-refractivity contribution is -0.349. The standard InChI is InChI=1S/C7H8F8O3S.C2H7N/c1-2-3-4(8,9)5(10,11)6(12,13)7(14,15)19(16,17)18;1-3-2/h2-3H2,1H3,(H,16,17,18);3H,1-2H3. The summed E-state index contributed by atoms with van der Waals surface area (Å²) >= 11 is 0. The van der Waals surface area contributed by atoms with Crippen molar-refractivity contribution in [2.45, 2.75) is 42.8 Å². The molecule has 0 atom stereocenters. The topological polar surface area (TPSA) is 66.4 Å². The molecule has 0 spiro atoms. The van der Waals surface area contributed by atoms with Crippen LogP contribution in [0, 0.1) is 0 Å². The monoisotopic (exact) mass is 369 g/mol. The molecule has 0 unspecified atom stereocenters. The van der Waals surface area contributed by atoms with Crippen LogP contribution in [0.15, 0.2) is 0 Å². The molecule has 0 fully saturated rings. The van der Waals surface area contributed by atoms with E-state index in [1.165, 1.54) is 0 Å². The molecule has 0 aromatic rings. The zero-order valence-electron chi connectivity index (χ0n) is 11.6. The first-order valence-corrected chi connectivity index (χ1v) is 6.98. The molecule has 0 amide bonds. The second kappa shape index (κ2) is 7.25. The van der Waals surface area contributed by atoms with Crippen LogP contribution in [0.25, 0.3) is 0 Å². The molecule has 0 aromatic carbocycles. The van der Waals surface area contributed by atoms with E-state index in [-0.39, 0.29) is 0 Å². The van der Waals surface area contributed by atoms with Gasteiger partial charge in [0.1, 0.15) is 0 Å². The molecule has 136 valence electrons. The van der Waals surface area contributed by atoms with Gasteiger partial charge in [-0.15, -0.1) is 0 Å². The van der Waals surface area contributed by atoms with E-state index in [0.29, 0.717) is 0 Å². The molecule has 0 aromatic heterocycles. The Morgan fingerprint density at radius 3 is 1.45 bits per heavy atom. The molecule has 0 saturated heterocycles. The second-order valence-corrected chi connectivity index (χ2v) is 5.56. The van der Waals surface area contributed by atoms with E-state index in [2.05, 4.69) is 5.32 Å². The van der Waals surface area contributed by atoms with Gasteiger partial charge >= 0.3 is 33.1 Å². The van der Waals surface area contributed by atoms with Crippen LogP contribution >= 0.6 is 0 Å². The average molecular weight is 369 g/mol. The van der Waals surface area contributed by atoms with Gasteiger partial charge in [-0.25, -0.2) is 0 Å².